The molecule has 1 heterocycles. The monoisotopic (exact) mass is 323 g/mol. The van der Waals surface area contributed by atoms with Crippen LogP contribution in [-0.4, -0.2) is 36.9 Å². The lowest BCUT2D eigenvalue weighted by Gasteiger charge is -2.17. The molecule has 0 aromatic heterocycles. The van der Waals surface area contributed by atoms with Crippen LogP contribution in [-0.2, 0) is 21.2 Å². The van der Waals surface area contributed by atoms with Gasteiger partial charge in [0.1, 0.15) is 0 Å². The first-order valence-corrected chi connectivity index (χ1v) is 9.22. The minimum atomic E-state index is -3.41. The van der Waals surface area contributed by atoms with E-state index in [9.17, 15) is 13.2 Å². The molecule has 0 spiro atoms. The molecule has 2 fully saturated rings. The molecule has 3 rings (SSSR count). The number of sulfonamides is 1. The highest BCUT2D eigenvalue weighted by atomic mass is 32.2. The highest BCUT2D eigenvalue weighted by molar-refractivity contribution is 7.89. The van der Waals surface area contributed by atoms with Crippen molar-refractivity contribution in [1.29, 1.82) is 0 Å². The fraction of sp³-hybridized carbons (Fsp3) is 0.562. The maximum atomic E-state index is 12.7. The maximum absolute atomic E-state index is 12.7. The van der Waals surface area contributed by atoms with Crippen molar-refractivity contribution in [2.24, 2.45) is 11.8 Å². The normalized spacial score (nSPS) is 25.3. The molecular formula is C16H21NO4S. The van der Waals surface area contributed by atoms with Gasteiger partial charge in [-0.15, -0.1) is 0 Å². The summed E-state index contributed by atoms with van der Waals surface area (Å²) in [7, 11) is -3.41. The molecule has 2 aliphatic rings. The Morgan fingerprint density at radius 3 is 2.27 bits per heavy atom. The van der Waals surface area contributed by atoms with Crippen LogP contribution >= 0.6 is 0 Å². The molecule has 1 aliphatic carbocycles. The molecule has 0 amide bonds. The minimum absolute atomic E-state index is 0.0571. The highest BCUT2D eigenvalue weighted by Gasteiger charge is 2.41. The van der Waals surface area contributed by atoms with Crippen molar-refractivity contribution in [3.63, 3.8) is 0 Å². The lowest BCUT2D eigenvalue weighted by Crippen LogP contribution is -2.29. The molecule has 0 unspecified atom stereocenters. The van der Waals surface area contributed by atoms with Gasteiger partial charge in [-0.1, -0.05) is 18.6 Å². The van der Waals surface area contributed by atoms with Crippen LogP contribution < -0.4 is 0 Å². The number of nitrogens with zero attached hydrogens (tertiary/aromatic N) is 1. The van der Waals surface area contributed by atoms with Gasteiger partial charge in [0.05, 0.1) is 4.90 Å². The predicted molar refractivity (Wildman–Crippen MR) is 82.0 cm³/mol. The van der Waals surface area contributed by atoms with E-state index in [1.165, 1.54) is 6.42 Å². The average molecular weight is 323 g/mol. The van der Waals surface area contributed by atoms with E-state index >= 15 is 0 Å². The Bertz CT molecular complexity index is 641. The van der Waals surface area contributed by atoms with Gasteiger partial charge in [-0.3, -0.25) is 4.79 Å². The first-order valence-electron chi connectivity index (χ1n) is 7.78. The zero-order valence-electron chi connectivity index (χ0n) is 12.4. The largest absolute Gasteiger partial charge is 0.481 e. The predicted octanol–water partition coefficient (Wildman–Crippen LogP) is 2.12. The summed E-state index contributed by atoms with van der Waals surface area (Å²) in [5.74, 6) is 0.217. The van der Waals surface area contributed by atoms with Crippen molar-refractivity contribution in [2.45, 2.75) is 37.0 Å². The Morgan fingerprint density at radius 1 is 1.14 bits per heavy atom. The lowest BCUT2D eigenvalue weighted by molar-refractivity contribution is -0.136. The molecule has 1 N–H and O–H groups in total. The zero-order valence-corrected chi connectivity index (χ0v) is 13.3. The molecule has 6 heteroatoms. The summed E-state index contributed by atoms with van der Waals surface area (Å²) in [6.07, 6.45) is 3.99. The Balaban J connectivity index is 1.71. The summed E-state index contributed by atoms with van der Waals surface area (Å²) in [4.78, 5) is 10.9. The molecule has 2 atom stereocenters. The van der Waals surface area contributed by atoms with E-state index < -0.39 is 16.0 Å². The molecule has 22 heavy (non-hydrogen) atoms. The molecule has 5 nitrogen and oxygen atoms in total. The summed E-state index contributed by atoms with van der Waals surface area (Å²) in [6.45, 7) is 1.29. The van der Waals surface area contributed by atoms with Crippen LogP contribution in [0.1, 0.15) is 31.2 Å². The van der Waals surface area contributed by atoms with Gasteiger partial charge in [-0.2, -0.15) is 4.31 Å². The number of carboxylic acid groups (broad SMARTS) is 1. The van der Waals surface area contributed by atoms with Crippen molar-refractivity contribution in [3.8, 4) is 0 Å². The number of benzene rings is 1. The molecule has 1 aliphatic heterocycles. The summed E-state index contributed by atoms with van der Waals surface area (Å²) in [5, 5.41) is 8.68. The van der Waals surface area contributed by atoms with E-state index in [2.05, 4.69) is 0 Å². The molecule has 1 aromatic carbocycles. The number of hydrogen-bond acceptors (Lipinski definition) is 3. The lowest BCUT2D eigenvalue weighted by atomic mass is 10.0. The van der Waals surface area contributed by atoms with Gasteiger partial charge in [0, 0.05) is 19.5 Å². The van der Waals surface area contributed by atoms with Gasteiger partial charge < -0.3 is 5.11 Å². The van der Waals surface area contributed by atoms with Gasteiger partial charge in [-0.25, -0.2) is 8.42 Å². The SMILES string of the molecule is O=C(O)CCc1ccc(S(=O)(=O)N2C[C@H]3CCC[C@H]3C2)cc1. The van der Waals surface area contributed by atoms with Crippen LogP contribution in [0.15, 0.2) is 29.2 Å². The molecular weight excluding hydrogens is 302 g/mol. The van der Waals surface area contributed by atoms with Gasteiger partial charge in [0.15, 0.2) is 0 Å². The summed E-state index contributed by atoms with van der Waals surface area (Å²) in [5.41, 5.74) is 0.847. The smallest absolute Gasteiger partial charge is 0.303 e. The Labute approximate surface area is 131 Å². The van der Waals surface area contributed by atoms with Crippen LogP contribution in [0.4, 0.5) is 0 Å². The molecule has 1 saturated heterocycles. The van der Waals surface area contributed by atoms with Crippen molar-refractivity contribution in [3.05, 3.63) is 29.8 Å². The van der Waals surface area contributed by atoms with Gasteiger partial charge >= 0.3 is 5.97 Å². The Kier molecular flexibility index (Phi) is 4.23. The van der Waals surface area contributed by atoms with Crippen molar-refractivity contribution >= 4 is 16.0 Å². The number of aryl methyl sites for hydroxylation is 1. The average Bonchev–Trinajstić information content (AvgIpc) is 3.07. The topological polar surface area (TPSA) is 74.7 Å². The number of hydrogen-bond donors (Lipinski definition) is 1. The van der Waals surface area contributed by atoms with E-state index in [1.54, 1.807) is 28.6 Å². The number of aliphatic carboxylic acids is 1. The number of carbonyl (C=O) groups is 1. The van der Waals surface area contributed by atoms with Gasteiger partial charge in [0.25, 0.3) is 0 Å². The zero-order chi connectivity index (χ0) is 15.7. The van der Waals surface area contributed by atoms with Crippen LogP contribution in [0.5, 0.6) is 0 Å². The molecule has 120 valence electrons. The quantitative estimate of drug-likeness (QED) is 0.901. The van der Waals surface area contributed by atoms with Crippen molar-refractivity contribution in [1.82, 2.24) is 4.31 Å². The molecule has 1 aromatic rings. The van der Waals surface area contributed by atoms with Crippen molar-refractivity contribution < 1.29 is 18.3 Å². The standard InChI is InChI=1S/C16H21NO4S/c18-16(19)9-6-12-4-7-15(8-5-12)22(20,21)17-10-13-2-1-3-14(13)11-17/h4-5,7-8,13-14H,1-3,6,9-11H2,(H,18,19)/t13-,14+. The highest BCUT2D eigenvalue weighted by Crippen LogP contribution is 2.39. The second-order valence-corrected chi connectivity index (χ2v) is 8.25. The second kappa shape index (κ2) is 6.01. The van der Waals surface area contributed by atoms with Crippen LogP contribution in [0.2, 0.25) is 0 Å². The van der Waals surface area contributed by atoms with Gasteiger partial charge in [-0.05, 0) is 48.8 Å². The molecule has 1 saturated carbocycles. The van der Waals surface area contributed by atoms with E-state index in [-0.39, 0.29) is 6.42 Å². The number of rotatable bonds is 5. The second-order valence-electron chi connectivity index (χ2n) is 6.31. The van der Waals surface area contributed by atoms with Crippen LogP contribution in [0, 0.1) is 11.8 Å². The Morgan fingerprint density at radius 2 is 1.73 bits per heavy atom. The first-order chi connectivity index (χ1) is 10.5. The van der Waals surface area contributed by atoms with Crippen LogP contribution in [0.3, 0.4) is 0 Å². The molecule has 0 radical (unpaired) electrons. The van der Waals surface area contributed by atoms with Crippen molar-refractivity contribution in [2.75, 3.05) is 13.1 Å². The first kappa shape index (κ1) is 15.5. The Hall–Kier alpha value is -1.40. The van der Waals surface area contributed by atoms with Crippen LogP contribution in [0.25, 0.3) is 0 Å². The molecule has 0 bridgehead atoms. The summed E-state index contributed by atoms with van der Waals surface area (Å²) < 4.78 is 27.0. The third kappa shape index (κ3) is 3.03. The van der Waals surface area contributed by atoms with E-state index in [0.717, 1.165) is 18.4 Å². The van der Waals surface area contributed by atoms with Gasteiger partial charge in [0.2, 0.25) is 10.0 Å². The third-order valence-corrected chi connectivity index (χ3v) is 6.73. The fourth-order valence-electron chi connectivity index (χ4n) is 3.62. The number of fused-ring (bicyclic) bond motifs is 1. The van der Waals surface area contributed by atoms with E-state index in [0.29, 0.717) is 36.2 Å². The maximum Gasteiger partial charge on any atom is 0.303 e. The number of carboxylic acids is 1. The summed E-state index contributed by atoms with van der Waals surface area (Å²) in [6, 6.07) is 6.63. The van der Waals surface area contributed by atoms with E-state index in [4.69, 9.17) is 5.11 Å². The summed E-state index contributed by atoms with van der Waals surface area (Å²) >= 11 is 0. The minimum Gasteiger partial charge on any atom is -0.481 e. The fourth-order valence-corrected chi connectivity index (χ4v) is 5.17. The third-order valence-electron chi connectivity index (χ3n) is 4.88. The van der Waals surface area contributed by atoms with E-state index in [1.807, 2.05) is 0 Å².